The largest absolute Gasteiger partial charge is 0.339 e. The zero-order chi connectivity index (χ0) is 20.7. The van der Waals surface area contributed by atoms with Gasteiger partial charge in [0.2, 0.25) is 5.91 Å². The zero-order valence-corrected chi connectivity index (χ0v) is 18.8. The molecule has 2 aromatic heterocycles. The van der Waals surface area contributed by atoms with Crippen LogP contribution in [0.3, 0.4) is 0 Å². The highest BCUT2D eigenvalue weighted by atomic mass is 32.1. The molecule has 0 aromatic carbocycles. The second kappa shape index (κ2) is 8.36. The molecule has 1 aliphatic carbocycles. The second-order valence-electron chi connectivity index (χ2n) is 8.97. The maximum Gasteiger partial charge on any atom is 0.236 e. The van der Waals surface area contributed by atoms with E-state index < -0.39 is 0 Å². The van der Waals surface area contributed by atoms with Gasteiger partial charge in [-0.3, -0.25) is 14.6 Å². The van der Waals surface area contributed by atoms with E-state index in [9.17, 15) is 4.79 Å². The van der Waals surface area contributed by atoms with Gasteiger partial charge >= 0.3 is 0 Å². The number of carbonyl (C=O) groups excluding carboxylic acids is 1. The van der Waals surface area contributed by atoms with Crippen LogP contribution < -0.4 is 0 Å². The van der Waals surface area contributed by atoms with E-state index in [1.807, 2.05) is 11.6 Å². The van der Waals surface area contributed by atoms with Gasteiger partial charge in [0, 0.05) is 68.0 Å². The topological polar surface area (TPSA) is 52.6 Å². The minimum absolute atomic E-state index is 0.196. The summed E-state index contributed by atoms with van der Waals surface area (Å²) in [7, 11) is 0. The summed E-state index contributed by atoms with van der Waals surface area (Å²) in [5.74, 6) is 0.276. The maximum absolute atomic E-state index is 13.1. The molecular formula is C23H31N5OS. The lowest BCUT2D eigenvalue weighted by molar-refractivity contribution is -0.136. The van der Waals surface area contributed by atoms with E-state index in [1.54, 1.807) is 11.3 Å². The van der Waals surface area contributed by atoms with Gasteiger partial charge in [-0.25, -0.2) is 9.97 Å². The Balaban J connectivity index is 1.24. The van der Waals surface area contributed by atoms with Gasteiger partial charge in [0.15, 0.2) is 0 Å². The smallest absolute Gasteiger partial charge is 0.236 e. The van der Waals surface area contributed by atoms with Crippen LogP contribution in [-0.2, 0) is 11.2 Å². The predicted molar refractivity (Wildman–Crippen MR) is 119 cm³/mol. The van der Waals surface area contributed by atoms with Gasteiger partial charge in [0.05, 0.1) is 12.2 Å². The lowest BCUT2D eigenvalue weighted by Crippen LogP contribution is -2.56. The van der Waals surface area contributed by atoms with Crippen molar-refractivity contribution in [3.63, 3.8) is 0 Å². The van der Waals surface area contributed by atoms with Crippen molar-refractivity contribution in [1.29, 1.82) is 0 Å². The van der Waals surface area contributed by atoms with E-state index >= 15 is 0 Å². The molecule has 160 valence electrons. The van der Waals surface area contributed by atoms with Gasteiger partial charge < -0.3 is 4.90 Å². The SMILES string of the molecule is CC1Cc2nc(-c3nccs3)ccc2C(C)N1CC(=O)N1CCN(C2CCC2)CC1. The monoisotopic (exact) mass is 425 g/mol. The van der Waals surface area contributed by atoms with E-state index in [0.29, 0.717) is 12.6 Å². The van der Waals surface area contributed by atoms with E-state index in [0.717, 1.165) is 55.0 Å². The van der Waals surface area contributed by atoms with Crippen LogP contribution in [0.25, 0.3) is 10.7 Å². The zero-order valence-electron chi connectivity index (χ0n) is 18.0. The lowest BCUT2D eigenvalue weighted by Gasteiger charge is -2.44. The number of hydrogen-bond donors (Lipinski definition) is 0. The number of piperazine rings is 1. The normalized spacial score (nSPS) is 25.7. The molecule has 0 spiro atoms. The highest BCUT2D eigenvalue weighted by Crippen LogP contribution is 2.34. The molecular weight excluding hydrogens is 394 g/mol. The van der Waals surface area contributed by atoms with Crippen molar-refractivity contribution in [3.05, 3.63) is 35.0 Å². The number of amides is 1. The third-order valence-electron chi connectivity index (χ3n) is 7.24. The molecule has 3 aliphatic rings. The highest BCUT2D eigenvalue weighted by Gasteiger charge is 2.34. The van der Waals surface area contributed by atoms with Gasteiger partial charge in [-0.2, -0.15) is 0 Å². The van der Waals surface area contributed by atoms with Gasteiger partial charge in [0.25, 0.3) is 0 Å². The first kappa shape index (κ1) is 20.1. The molecule has 30 heavy (non-hydrogen) atoms. The van der Waals surface area contributed by atoms with Crippen LogP contribution in [-0.4, -0.2) is 75.4 Å². The van der Waals surface area contributed by atoms with Crippen molar-refractivity contribution in [2.45, 2.75) is 57.7 Å². The van der Waals surface area contributed by atoms with Crippen LogP contribution in [0.5, 0.6) is 0 Å². The fourth-order valence-corrected chi connectivity index (χ4v) is 5.73. The summed E-state index contributed by atoms with van der Waals surface area (Å²) in [6.45, 7) is 8.75. The molecule has 2 atom stereocenters. The number of pyridine rings is 1. The number of nitrogens with zero attached hydrogens (tertiary/aromatic N) is 5. The predicted octanol–water partition coefficient (Wildman–Crippen LogP) is 3.21. The molecule has 1 amide bonds. The van der Waals surface area contributed by atoms with Crippen molar-refractivity contribution in [3.8, 4) is 10.7 Å². The summed E-state index contributed by atoms with van der Waals surface area (Å²) in [5.41, 5.74) is 3.36. The molecule has 2 unspecified atom stereocenters. The molecule has 7 heteroatoms. The van der Waals surface area contributed by atoms with Crippen LogP contribution in [0.4, 0.5) is 0 Å². The van der Waals surface area contributed by atoms with Gasteiger partial charge in [0.1, 0.15) is 5.01 Å². The Morgan fingerprint density at radius 1 is 1.17 bits per heavy atom. The van der Waals surface area contributed by atoms with Crippen LogP contribution in [0.15, 0.2) is 23.7 Å². The number of fused-ring (bicyclic) bond motifs is 1. The molecule has 4 heterocycles. The number of hydrogen-bond acceptors (Lipinski definition) is 6. The van der Waals surface area contributed by atoms with Crippen molar-refractivity contribution in [2.24, 2.45) is 0 Å². The quantitative estimate of drug-likeness (QED) is 0.753. The molecule has 6 nitrogen and oxygen atoms in total. The minimum atomic E-state index is 0.196. The van der Waals surface area contributed by atoms with Crippen LogP contribution in [0.2, 0.25) is 0 Å². The van der Waals surface area contributed by atoms with Crippen LogP contribution >= 0.6 is 11.3 Å². The van der Waals surface area contributed by atoms with Crippen LogP contribution in [0, 0.1) is 0 Å². The summed E-state index contributed by atoms with van der Waals surface area (Å²) in [6, 6.07) is 5.53. The molecule has 1 saturated carbocycles. The van der Waals surface area contributed by atoms with Gasteiger partial charge in [-0.05, 0) is 38.3 Å². The first-order valence-electron chi connectivity index (χ1n) is 11.3. The lowest BCUT2D eigenvalue weighted by atomic mass is 9.91. The third-order valence-corrected chi connectivity index (χ3v) is 8.03. The number of carbonyl (C=O) groups is 1. The number of aromatic nitrogens is 2. The Morgan fingerprint density at radius 2 is 1.97 bits per heavy atom. The van der Waals surface area contributed by atoms with Gasteiger partial charge in [-0.1, -0.05) is 12.5 Å². The average Bonchev–Trinajstić information content (AvgIpc) is 3.25. The minimum Gasteiger partial charge on any atom is -0.339 e. The Kier molecular flexibility index (Phi) is 5.60. The van der Waals surface area contributed by atoms with Crippen molar-refractivity contribution in [1.82, 2.24) is 24.7 Å². The first-order chi connectivity index (χ1) is 14.6. The van der Waals surface area contributed by atoms with Crippen molar-refractivity contribution in [2.75, 3.05) is 32.7 Å². The summed E-state index contributed by atoms with van der Waals surface area (Å²) < 4.78 is 0. The number of thiazole rings is 1. The Morgan fingerprint density at radius 3 is 2.63 bits per heavy atom. The summed E-state index contributed by atoms with van der Waals surface area (Å²) in [5, 5.41) is 2.96. The second-order valence-corrected chi connectivity index (χ2v) is 9.87. The average molecular weight is 426 g/mol. The molecule has 2 aromatic rings. The number of rotatable bonds is 4. The summed E-state index contributed by atoms with van der Waals surface area (Å²) in [6.07, 6.45) is 6.76. The Labute approximate surface area is 182 Å². The standard InChI is InChI=1S/C23H31N5OS/c1-16-14-21-19(6-7-20(25-21)23-24-8-13-30-23)17(2)28(16)15-22(29)27-11-9-26(10-12-27)18-4-3-5-18/h6-8,13,16-18H,3-5,9-12,14-15H2,1-2H3. The first-order valence-corrected chi connectivity index (χ1v) is 12.2. The van der Waals surface area contributed by atoms with E-state index in [-0.39, 0.29) is 11.9 Å². The maximum atomic E-state index is 13.1. The molecule has 5 rings (SSSR count). The Bertz CT molecular complexity index is 889. The van der Waals surface area contributed by atoms with Crippen molar-refractivity contribution >= 4 is 17.2 Å². The molecule has 2 aliphatic heterocycles. The molecule has 0 N–H and O–H groups in total. The third kappa shape index (κ3) is 3.79. The molecule has 0 radical (unpaired) electrons. The van der Waals surface area contributed by atoms with E-state index in [1.165, 1.54) is 24.8 Å². The fraction of sp³-hybridized carbons (Fsp3) is 0.609. The van der Waals surface area contributed by atoms with E-state index in [4.69, 9.17) is 4.98 Å². The molecule has 2 fully saturated rings. The molecule has 1 saturated heterocycles. The molecule has 0 bridgehead atoms. The summed E-state index contributed by atoms with van der Waals surface area (Å²) in [4.78, 5) is 29.4. The Hall–Kier alpha value is -1.83. The summed E-state index contributed by atoms with van der Waals surface area (Å²) >= 11 is 1.62. The highest BCUT2D eigenvalue weighted by molar-refractivity contribution is 7.13. The fourth-order valence-electron chi connectivity index (χ4n) is 5.12. The van der Waals surface area contributed by atoms with Gasteiger partial charge in [-0.15, -0.1) is 11.3 Å². The van der Waals surface area contributed by atoms with Crippen LogP contribution in [0.1, 0.15) is 50.4 Å². The van der Waals surface area contributed by atoms with E-state index in [2.05, 4.69) is 45.7 Å². The van der Waals surface area contributed by atoms with Crippen molar-refractivity contribution < 1.29 is 4.79 Å².